The van der Waals surface area contributed by atoms with Crippen molar-refractivity contribution in [2.75, 3.05) is 19.7 Å². The number of rotatable bonds is 10. The number of hydrogen-bond acceptors (Lipinski definition) is 4. The Morgan fingerprint density at radius 3 is 2.33 bits per heavy atom. The zero-order valence-corrected chi connectivity index (χ0v) is 16.5. The Hall–Kier alpha value is -2.38. The molecule has 0 saturated heterocycles. The third-order valence-corrected chi connectivity index (χ3v) is 5.20. The molecule has 0 atom stereocenters. The van der Waals surface area contributed by atoms with Gasteiger partial charge in [-0.05, 0) is 42.2 Å². The summed E-state index contributed by atoms with van der Waals surface area (Å²) in [5, 5.41) is 2.79. The third-order valence-electron chi connectivity index (χ3n) is 3.76. The highest BCUT2D eigenvalue weighted by atomic mass is 32.2. The van der Waals surface area contributed by atoms with Gasteiger partial charge in [-0.15, -0.1) is 0 Å². The number of nitrogens with one attached hydrogen (secondary N) is 2. The van der Waals surface area contributed by atoms with Crippen molar-refractivity contribution in [2.45, 2.75) is 25.2 Å². The van der Waals surface area contributed by atoms with Gasteiger partial charge in [0.15, 0.2) is 6.61 Å². The van der Waals surface area contributed by atoms with E-state index >= 15 is 0 Å². The fourth-order valence-electron chi connectivity index (χ4n) is 2.27. The molecule has 0 aliphatic heterocycles. The smallest absolute Gasteiger partial charge is 0.257 e. The highest BCUT2D eigenvalue weighted by molar-refractivity contribution is 7.89. The van der Waals surface area contributed by atoms with Gasteiger partial charge in [-0.2, -0.15) is 0 Å². The molecule has 2 aromatic carbocycles. The van der Waals surface area contributed by atoms with Crippen LogP contribution in [0.5, 0.6) is 5.75 Å². The van der Waals surface area contributed by atoms with Crippen LogP contribution < -0.4 is 14.8 Å². The molecule has 7 heteroatoms. The summed E-state index contributed by atoms with van der Waals surface area (Å²) >= 11 is 0. The van der Waals surface area contributed by atoms with Gasteiger partial charge in [0, 0.05) is 13.1 Å². The second kappa shape index (κ2) is 10.1. The number of carbonyl (C=O) groups is 1. The van der Waals surface area contributed by atoms with E-state index in [1.54, 1.807) is 12.1 Å². The monoisotopic (exact) mass is 390 g/mol. The van der Waals surface area contributed by atoms with Crippen molar-refractivity contribution in [2.24, 2.45) is 5.92 Å². The molecule has 6 nitrogen and oxygen atoms in total. The van der Waals surface area contributed by atoms with Crippen molar-refractivity contribution in [3.8, 4) is 5.75 Å². The van der Waals surface area contributed by atoms with Crippen LogP contribution in [0.4, 0.5) is 0 Å². The van der Waals surface area contributed by atoms with Crippen molar-refractivity contribution in [3.63, 3.8) is 0 Å². The number of hydrogen-bond donors (Lipinski definition) is 2. The number of amides is 1. The first-order valence-corrected chi connectivity index (χ1v) is 10.4. The number of ether oxygens (including phenoxy) is 1. The van der Waals surface area contributed by atoms with Crippen LogP contribution in [0.3, 0.4) is 0 Å². The van der Waals surface area contributed by atoms with Crippen LogP contribution in [0.15, 0.2) is 59.5 Å². The first-order valence-electron chi connectivity index (χ1n) is 8.90. The molecule has 0 aromatic heterocycles. The molecule has 0 saturated carbocycles. The minimum absolute atomic E-state index is 0.119. The third kappa shape index (κ3) is 7.40. The Morgan fingerprint density at radius 2 is 1.70 bits per heavy atom. The highest BCUT2D eigenvalue weighted by Gasteiger charge is 2.14. The van der Waals surface area contributed by atoms with E-state index in [0.29, 0.717) is 18.8 Å². The van der Waals surface area contributed by atoms with E-state index < -0.39 is 10.0 Å². The maximum Gasteiger partial charge on any atom is 0.257 e. The van der Waals surface area contributed by atoms with E-state index in [2.05, 4.69) is 10.0 Å². The molecular weight excluding hydrogens is 364 g/mol. The van der Waals surface area contributed by atoms with E-state index in [9.17, 15) is 13.2 Å². The average Bonchev–Trinajstić information content (AvgIpc) is 2.66. The van der Waals surface area contributed by atoms with Gasteiger partial charge in [0.1, 0.15) is 5.75 Å². The van der Waals surface area contributed by atoms with Crippen LogP contribution in [0, 0.1) is 5.92 Å². The zero-order valence-electron chi connectivity index (χ0n) is 15.6. The summed E-state index contributed by atoms with van der Waals surface area (Å²) in [5.41, 5.74) is 1.15. The first kappa shape index (κ1) is 20.9. The molecule has 0 fully saturated rings. The van der Waals surface area contributed by atoms with Crippen molar-refractivity contribution < 1.29 is 17.9 Å². The van der Waals surface area contributed by atoms with Crippen LogP contribution in [0.1, 0.15) is 19.4 Å². The molecule has 0 heterocycles. The molecule has 27 heavy (non-hydrogen) atoms. The van der Waals surface area contributed by atoms with Crippen molar-refractivity contribution in [1.29, 1.82) is 0 Å². The standard InChI is InChI=1S/C20H26N2O4S/c1-16(2)14-22-27(24,25)19-10-8-18(9-11-19)26-15-20(23)21-13-12-17-6-4-3-5-7-17/h3-11,16,22H,12-15H2,1-2H3,(H,21,23). The van der Waals surface area contributed by atoms with Gasteiger partial charge in [-0.3, -0.25) is 4.79 Å². The molecule has 2 rings (SSSR count). The minimum Gasteiger partial charge on any atom is -0.484 e. The fraction of sp³-hybridized carbons (Fsp3) is 0.350. The molecule has 0 bridgehead atoms. The molecule has 0 unspecified atom stereocenters. The van der Waals surface area contributed by atoms with Crippen molar-refractivity contribution >= 4 is 15.9 Å². The van der Waals surface area contributed by atoms with Crippen LogP contribution >= 0.6 is 0 Å². The summed E-state index contributed by atoms with van der Waals surface area (Å²) in [4.78, 5) is 12.0. The van der Waals surface area contributed by atoms with Crippen LogP contribution in [-0.4, -0.2) is 34.0 Å². The molecule has 0 aliphatic carbocycles. The SMILES string of the molecule is CC(C)CNS(=O)(=O)c1ccc(OCC(=O)NCCc2ccccc2)cc1. The van der Waals surface area contributed by atoms with Gasteiger partial charge in [0.05, 0.1) is 4.90 Å². The highest BCUT2D eigenvalue weighted by Crippen LogP contribution is 2.16. The van der Waals surface area contributed by atoms with Crippen LogP contribution in [-0.2, 0) is 21.2 Å². The Bertz CT molecular complexity index is 819. The maximum atomic E-state index is 12.1. The zero-order chi connectivity index (χ0) is 19.7. The Labute approximate surface area is 161 Å². The summed E-state index contributed by atoms with van der Waals surface area (Å²) < 4.78 is 32.2. The van der Waals surface area contributed by atoms with Crippen molar-refractivity contribution in [1.82, 2.24) is 10.0 Å². The number of sulfonamides is 1. The molecule has 0 spiro atoms. The van der Waals surface area contributed by atoms with E-state index in [1.165, 1.54) is 12.1 Å². The van der Waals surface area contributed by atoms with E-state index in [1.807, 2.05) is 44.2 Å². The Balaban J connectivity index is 1.76. The average molecular weight is 391 g/mol. The van der Waals surface area contributed by atoms with Gasteiger partial charge in [0.2, 0.25) is 10.0 Å². The van der Waals surface area contributed by atoms with Crippen LogP contribution in [0.25, 0.3) is 0 Å². The fourth-order valence-corrected chi connectivity index (χ4v) is 3.48. The predicted molar refractivity (Wildman–Crippen MR) is 105 cm³/mol. The largest absolute Gasteiger partial charge is 0.484 e. The van der Waals surface area contributed by atoms with E-state index in [0.717, 1.165) is 12.0 Å². The Morgan fingerprint density at radius 1 is 1.04 bits per heavy atom. The molecule has 2 aromatic rings. The van der Waals surface area contributed by atoms with Gasteiger partial charge in [-0.1, -0.05) is 44.2 Å². The molecular formula is C20H26N2O4S. The summed E-state index contributed by atoms with van der Waals surface area (Å²) in [5.74, 6) is 0.444. The quantitative estimate of drug-likeness (QED) is 0.652. The lowest BCUT2D eigenvalue weighted by Crippen LogP contribution is -2.30. The molecule has 146 valence electrons. The summed E-state index contributed by atoms with van der Waals surface area (Å²) in [6, 6.07) is 15.9. The molecule has 1 amide bonds. The lowest BCUT2D eigenvalue weighted by molar-refractivity contribution is -0.123. The maximum absolute atomic E-state index is 12.1. The second-order valence-corrected chi connectivity index (χ2v) is 8.36. The van der Waals surface area contributed by atoms with Gasteiger partial charge >= 0.3 is 0 Å². The Kier molecular flexibility index (Phi) is 7.82. The van der Waals surface area contributed by atoms with E-state index in [4.69, 9.17) is 4.74 Å². The number of benzene rings is 2. The summed E-state index contributed by atoms with van der Waals surface area (Å²) in [6.07, 6.45) is 0.752. The molecule has 0 radical (unpaired) electrons. The van der Waals surface area contributed by atoms with E-state index in [-0.39, 0.29) is 23.3 Å². The van der Waals surface area contributed by atoms with Gasteiger partial charge < -0.3 is 10.1 Å². The number of carbonyl (C=O) groups excluding carboxylic acids is 1. The lowest BCUT2D eigenvalue weighted by atomic mass is 10.1. The normalized spacial score (nSPS) is 11.4. The lowest BCUT2D eigenvalue weighted by Gasteiger charge is -2.10. The topological polar surface area (TPSA) is 84.5 Å². The predicted octanol–water partition coefficient (Wildman–Crippen LogP) is 2.36. The second-order valence-electron chi connectivity index (χ2n) is 6.59. The molecule has 0 aliphatic rings. The molecule has 2 N–H and O–H groups in total. The minimum atomic E-state index is -3.53. The summed E-state index contributed by atoms with van der Waals surface area (Å²) in [7, 11) is -3.53. The summed E-state index contributed by atoms with van der Waals surface area (Å²) in [6.45, 7) is 4.66. The first-order chi connectivity index (χ1) is 12.9. The van der Waals surface area contributed by atoms with Gasteiger partial charge in [-0.25, -0.2) is 13.1 Å². The van der Waals surface area contributed by atoms with Crippen LogP contribution in [0.2, 0.25) is 0 Å². The van der Waals surface area contributed by atoms with Gasteiger partial charge in [0.25, 0.3) is 5.91 Å². The van der Waals surface area contributed by atoms with Crippen molar-refractivity contribution in [3.05, 3.63) is 60.2 Å².